The zero-order valence-electron chi connectivity index (χ0n) is 8.25. The van der Waals surface area contributed by atoms with E-state index in [1.807, 2.05) is 24.4 Å². The van der Waals surface area contributed by atoms with Gasteiger partial charge in [0, 0.05) is 16.6 Å². The Morgan fingerprint density at radius 3 is 2.40 bits per heavy atom. The highest BCUT2D eigenvalue weighted by Gasteiger charge is 1.99. The number of hydrogen-bond donors (Lipinski definition) is 1. The second kappa shape index (κ2) is 5.93. The Morgan fingerprint density at radius 1 is 1.33 bits per heavy atom. The monoisotopic (exact) mass is 221 g/mol. The fourth-order valence-electron chi connectivity index (χ4n) is 1.07. The quantitative estimate of drug-likeness (QED) is 0.753. The number of rotatable bonds is 1. The maximum atomic E-state index is 8.36. The van der Waals surface area contributed by atoms with Crippen LogP contribution < -0.4 is 0 Å². The van der Waals surface area contributed by atoms with Crippen molar-refractivity contribution in [3.63, 3.8) is 0 Å². The van der Waals surface area contributed by atoms with E-state index in [0.717, 1.165) is 5.01 Å². The van der Waals surface area contributed by atoms with Gasteiger partial charge in [-0.25, -0.2) is 4.98 Å². The summed E-state index contributed by atoms with van der Waals surface area (Å²) in [6, 6.07) is 10.2. The molecule has 78 valence electrons. The molecule has 0 radical (unpaired) electrons. The Bertz CT molecular complexity index is 412. The minimum Gasteiger partial charge on any atom is -0.483 e. The number of thiazole rings is 1. The van der Waals surface area contributed by atoms with Gasteiger partial charge in [0.2, 0.25) is 0 Å². The molecule has 0 aliphatic heterocycles. The first-order valence-electron chi connectivity index (χ1n) is 4.33. The maximum Gasteiger partial charge on any atom is 0.290 e. The van der Waals surface area contributed by atoms with E-state index in [1.165, 1.54) is 10.4 Å². The molecule has 1 heterocycles. The van der Waals surface area contributed by atoms with Gasteiger partial charge in [0.05, 0.1) is 0 Å². The van der Waals surface area contributed by atoms with E-state index in [-0.39, 0.29) is 6.47 Å². The van der Waals surface area contributed by atoms with Crippen LogP contribution in [0.1, 0.15) is 4.88 Å². The van der Waals surface area contributed by atoms with Crippen molar-refractivity contribution < 1.29 is 9.90 Å². The normalized spacial score (nSPS) is 8.87. The third-order valence-corrected chi connectivity index (χ3v) is 2.60. The van der Waals surface area contributed by atoms with Crippen LogP contribution in [-0.4, -0.2) is 16.6 Å². The van der Waals surface area contributed by atoms with Crippen LogP contribution in [0.5, 0.6) is 0 Å². The molecule has 1 N–H and O–H groups in total. The average Bonchev–Trinajstić information content (AvgIpc) is 2.67. The summed E-state index contributed by atoms with van der Waals surface area (Å²) < 4.78 is 0. The van der Waals surface area contributed by atoms with Crippen molar-refractivity contribution in [3.8, 4) is 10.6 Å². The molecule has 0 unspecified atom stereocenters. The molecule has 0 spiro atoms. The zero-order valence-corrected chi connectivity index (χ0v) is 9.07. The molecule has 0 saturated heterocycles. The van der Waals surface area contributed by atoms with Crippen molar-refractivity contribution in [3.05, 3.63) is 41.4 Å². The summed E-state index contributed by atoms with van der Waals surface area (Å²) in [5, 5.41) is 7.99. The SMILES string of the molecule is Cc1cnc(-c2ccccc2)s1.O=CO. The summed E-state index contributed by atoms with van der Waals surface area (Å²) in [4.78, 5) is 13.9. The second-order valence-electron chi connectivity index (χ2n) is 2.75. The second-order valence-corrected chi connectivity index (χ2v) is 3.98. The van der Waals surface area contributed by atoms with E-state index < -0.39 is 0 Å². The molecule has 4 heteroatoms. The topological polar surface area (TPSA) is 50.2 Å². The number of benzene rings is 1. The molecule has 3 nitrogen and oxygen atoms in total. The zero-order chi connectivity index (χ0) is 11.1. The lowest BCUT2D eigenvalue weighted by molar-refractivity contribution is -0.122. The summed E-state index contributed by atoms with van der Waals surface area (Å²) in [5.41, 5.74) is 1.20. The largest absolute Gasteiger partial charge is 0.483 e. The summed E-state index contributed by atoms with van der Waals surface area (Å²) in [6.07, 6.45) is 1.91. The minimum absolute atomic E-state index is 0.250. The summed E-state index contributed by atoms with van der Waals surface area (Å²) in [7, 11) is 0. The molecular formula is C11H11NO2S. The van der Waals surface area contributed by atoms with Gasteiger partial charge in [0.1, 0.15) is 5.01 Å². The van der Waals surface area contributed by atoms with Gasteiger partial charge in [-0.15, -0.1) is 11.3 Å². The van der Waals surface area contributed by atoms with E-state index in [0.29, 0.717) is 0 Å². The van der Waals surface area contributed by atoms with E-state index in [4.69, 9.17) is 9.90 Å². The number of aromatic nitrogens is 1. The third-order valence-electron chi connectivity index (χ3n) is 1.64. The van der Waals surface area contributed by atoms with Crippen LogP contribution in [0.3, 0.4) is 0 Å². The Balaban J connectivity index is 0.000000337. The van der Waals surface area contributed by atoms with Crippen molar-refractivity contribution >= 4 is 17.8 Å². The first-order chi connectivity index (χ1) is 7.27. The number of carboxylic acid groups (broad SMARTS) is 1. The van der Waals surface area contributed by atoms with E-state index in [2.05, 4.69) is 24.0 Å². The van der Waals surface area contributed by atoms with Gasteiger partial charge in [-0.1, -0.05) is 30.3 Å². The van der Waals surface area contributed by atoms with Crippen molar-refractivity contribution in [2.24, 2.45) is 0 Å². The highest BCUT2D eigenvalue weighted by Crippen LogP contribution is 2.23. The van der Waals surface area contributed by atoms with Crippen molar-refractivity contribution in [1.82, 2.24) is 4.98 Å². The molecule has 1 aromatic carbocycles. The van der Waals surface area contributed by atoms with Crippen LogP contribution in [0.25, 0.3) is 10.6 Å². The first-order valence-corrected chi connectivity index (χ1v) is 5.15. The molecule has 2 rings (SSSR count). The third kappa shape index (κ3) is 3.52. The van der Waals surface area contributed by atoms with E-state index in [9.17, 15) is 0 Å². The van der Waals surface area contributed by atoms with Crippen molar-refractivity contribution in [2.45, 2.75) is 6.92 Å². The van der Waals surface area contributed by atoms with Gasteiger partial charge < -0.3 is 5.11 Å². The van der Waals surface area contributed by atoms with Crippen molar-refractivity contribution in [2.75, 3.05) is 0 Å². The Labute approximate surface area is 92.0 Å². The van der Waals surface area contributed by atoms with Crippen LogP contribution >= 0.6 is 11.3 Å². The molecule has 15 heavy (non-hydrogen) atoms. The highest BCUT2D eigenvalue weighted by atomic mass is 32.1. The van der Waals surface area contributed by atoms with Crippen LogP contribution in [0.2, 0.25) is 0 Å². The fourth-order valence-corrected chi connectivity index (χ4v) is 1.84. The van der Waals surface area contributed by atoms with Gasteiger partial charge in [-0.05, 0) is 6.92 Å². The Hall–Kier alpha value is -1.68. The summed E-state index contributed by atoms with van der Waals surface area (Å²) in [5.74, 6) is 0. The molecule has 0 aliphatic carbocycles. The number of aryl methyl sites for hydroxylation is 1. The molecule has 0 atom stereocenters. The number of hydrogen-bond acceptors (Lipinski definition) is 3. The standard InChI is InChI=1S/C10H9NS.CH2O2/c1-8-7-11-10(12-8)9-5-3-2-4-6-9;2-1-3/h2-7H,1H3;1H,(H,2,3). The van der Waals surface area contributed by atoms with Gasteiger partial charge in [-0.3, -0.25) is 4.79 Å². The molecular weight excluding hydrogens is 210 g/mol. The van der Waals surface area contributed by atoms with Crippen LogP contribution in [0, 0.1) is 6.92 Å². The molecule has 0 amide bonds. The average molecular weight is 221 g/mol. The van der Waals surface area contributed by atoms with Gasteiger partial charge in [0.15, 0.2) is 0 Å². The Morgan fingerprint density at radius 2 is 1.93 bits per heavy atom. The molecule has 0 saturated carbocycles. The first kappa shape index (κ1) is 11.4. The number of carbonyl (C=O) groups is 1. The van der Waals surface area contributed by atoms with E-state index >= 15 is 0 Å². The maximum absolute atomic E-state index is 8.36. The van der Waals surface area contributed by atoms with Gasteiger partial charge in [-0.2, -0.15) is 0 Å². The molecule has 0 fully saturated rings. The van der Waals surface area contributed by atoms with Gasteiger partial charge in [0.25, 0.3) is 6.47 Å². The molecule has 0 bridgehead atoms. The van der Waals surface area contributed by atoms with Crippen molar-refractivity contribution in [1.29, 1.82) is 0 Å². The lowest BCUT2D eigenvalue weighted by atomic mass is 10.2. The van der Waals surface area contributed by atoms with E-state index in [1.54, 1.807) is 11.3 Å². The van der Waals surface area contributed by atoms with Gasteiger partial charge >= 0.3 is 0 Å². The number of nitrogens with zero attached hydrogens (tertiary/aromatic N) is 1. The molecule has 2 aromatic rings. The Kier molecular flexibility index (Phi) is 4.50. The molecule has 1 aromatic heterocycles. The predicted molar refractivity (Wildman–Crippen MR) is 61.0 cm³/mol. The van der Waals surface area contributed by atoms with Crippen LogP contribution in [0.15, 0.2) is 36.5 Å². The molecule has 0 aliphatic rings. The fraction of sp³-hybridized carbons (Fsp3) is 0.0909. The minimum atomic E-state index is -0.250. The van der Waals surface area contributed by atoms with Crippen LogP contribution in [0.4, 0.5) is 0 Å². The smallest absolute Gasteiger partial charge is 0.290 e. The highest BCUT2D eigenvalue weighted by molar-refractivity contribution is 7.14. The summed E-state index contributed by atoms with van der Waals surface area (Å²) in [6.45, 7) is 1.82. The van der Waals surface area contributed by atoms with Crippen LogP contribution in [-0.2, 0) is 4.79 Å². The predicted octanol–water partition coefficient (Wildman–Crippen LogP) is 2.82. The lowest BCUT2D eigenvalue weighted by Crippen LogP contribution is -1.71. The summed E-state index contributed by atoms with van der Waals surface area (Å²) >= 11 is 1.73. The lowest BCUT2D eigenvalue weighted by Gasteiger charge is -1.92.